The summed E-state index contributed by atoms with van der Waals surface area (Å²) in [6, 6.07) is 15.7. The summed E-state index contributed by atoms with van der Waals surface area (Å²) in [6.45, 7) is 0. The number of rotatable bonds is 2. The first kappa shape index (κ1) is 10.2. The lowest BCUT2D eigenvalue weighted by Gasteiger charge is -2.06. The summed E-state index contributed by atoms with van der Waals surface area (Å²) < 4.78 is 55.7. The Kier molecular flexibility index (Phi) is 2.37. The number of hydrogen-bond donors (Lipinski definition) is 0. The van der Waals surface area contributed by atoms with Crippen LogP contribution in [0.25, 0.3) is 44.2 Å². The molecule has 0 spiro atoms. The Balaban J connectivity index is 1.87. The third-order valence-corrected chi connectivity index (χ3v) is 4.51. The fourth-order valence-corrected chi connectivity index (χ4v) is 3.24. The van der Waals surface area contributed by atoms with E-state index >= 15 is 0 Å². The highest BCUT2D eigenvalue weighted by atomic mass is 35.5. The van der Waals surface area contributed by atoms with Crippen LogP contribution < -0.4 is 0 Å². The van der Waals surface area contributed by atoms with Gasteiger partial charge >= 0.3 is 0 Å². The van der Waals surface area contributed by atoms with Gasteiger partial charge in [0.05, 0.1) is 8.22 Å². The Morgan fingerprint density at radius 3 is 2.27 bits per heavy atom. The third kappa shape index (κ3) is 2.49. The fraction of sp³-hybridized carbons (Fsp3) is 0. The highest BCUT2D eigenvalue weighted by Crippen LogP contribution is 2.37. The van der Waals surface area contributed by atoms with Gasteiger partial charge in [0.15, 0.2) is 0 Å². The van der Waals surface area contributed by atoms with Crippen LogP contribution in [0, 0.1) is 0 Å². The van der Waals surface area contributed by atoms with Gasteiger partial charge in [0.1, 0.15) is 11.2 Å². The van der Waals surface area contributed by atoms with E-state index < -0.39 is 0 Å². The Labute approximate surface area is 164 Å². The van der Waals surface area contributed by atoms with Crippen LogP contribution in [0.3, 0.4) is 0 Å². The van der Waals surface area contributed by atoms with E-state index in [4.69, 9.17) is 24.2 Å². The van der Waals surface area contributed by atoms with Crippen LogP contribution in [0.1, 0.15) is 8.22 Å². The Hall–Kier alpha value is -3.03. The van der Waals surface area contributed by atoms with Crippen molar-refractivity contribution in [3.8, 4) is 22.3 Å². The molecule has 0 saturated heterocycles. The van der Waals surface area contributed by atoms with Gasteiger partial charge in [-0.3, -0.25) is 0 Å². The maximum absolute atomic E-state index is 8.58. The van der Waals surface area contributed by atoms with Gasteiger partial charge < -0.3 is 4.42 Å². The van der Waals surface area contributed by atoms with Crippen LogP contribution in [-0.2, 0) is 0 Å². The van der Waals surface area contributed by atoms with Gasteiger partial charge in [-0.1, -0.05) is 78.3 Å². The summed E-state index contributed by atoms with van der Waals surface area (Å²) in [5.41, 5.74) is 2.94. The number of hydrogen-bond acceptors (Lipinski definition) is 1. The van der Waals surface area contributed by atoms with Crippen LogP contribution in [0.5, 0.6) is 0 Å². The highest BCUT2D eigenvalue weighted by molar-refractivity contribution is 6.31. The third-order valence-electron chi connectivity index (χ3n) is 4.32. The largest absolute Gasteiger partial charge is 0.456 e. The molecule has 2 heteroatoms. The van der Waals surface area contributed by atoms with Crippen LogP contribution in [0.15, 0.2) is 95.3 Å². The second-order valence-electron chi connectivity index (χ2n) is 5.89. The van der Waals surface area contributed by atoms with E-state index in [2.05, 4.69) is 0 Å². The lowest BCUT2D eigenvalue weighted by molar-refractivity contribution is 0.669. The molecule has 0 radical (unpaired) electrons. The Morgan fingerprint density at radius 1 is 0.731 bits per heavy atom. The molecule has 1 nitrogen and oxygen atoms in total. The van der Waals surface area contributed by atoms with Gasteiger partial charge in [0.25, 0.3) is 0 Å². The maximum atomic E-state index is 8.58. The molecule has 0 unspecified atom stereocenters. The van der Waals surface area contributed by atoms with Gasteiger partial charge in [-0.05, 0) is 40.4 Å². The second-order valence-corrected chi connectivity index (χ2v) is 6.27. The molecule has 5 aromatic rings. The van der Waals surface area contributed by atoms with Crippen molar-refractivity contribution in [1.82, 2.24) is 0 Å². The lowest BCUT2D eigenvalue weighted by atomic mass is 9.97. The molecule has 0 aliphatic rings. The van der Waals surface area contributed by atoms with Crippen LogP contribution in [0.2, 0.25) is 5.02 Å². The number of benzene rings is 4. The summed E-state index contributed by atoms with van der Waals surface area (Å²) in [5, 5.41) is 0.227. The van der Waals surface area contributed by atoms with Crippen LogP contribution in [0.4, 0.5) is 0 Å². The van der Waals surface area contributed by atoms with E-state index in [1.54, 1.807) is 0 Å². The summed E-state index contributed by atoms with van der Waals surface area (Å²) in [6.07, 6.45) is 0. The molecule has 0 fully saturated rings. The van der Waals surface area contributed by atoms with E-state index in [0.717, 1.165) is 11.1 Å². The topological polar surface area (TPSA) is 13.1 Å². The summed E-state index contributed by atoms with van der Waals surface area (Å²) >= 11 is 6.05. The molecular weight excluding hydrogens is 340 g/mol. The average molecular weight is 361 g/mol. The molecule has 1 heterocycles. The van der Waals surface area contributed by atoms with Crippen molar-refractivity contribution in [2.75, 3.05) is 0 Å². The van der Waals surface area contributed by atoms with Crippen LogP contribution >= 0.6 is 11.6 Å². The summed E-state index contributed by atoms with van der Waals surface area (Å²) in [7, 11) is 0. The monoisotopic (exact) mass is 360 g/mol. The van der Waals surface area contributed by atoms with Crippen LogP contribution in [-0.4, -0.2) is 0 Å². The van der Waals surface area contributed by atoms with E-state index in [9.17, 15) is 0 Å². The number of halogens is 1. The number of furan rings is 1. The smallest absolute Gasteiger partial charge is 0.136 e. The Bertz CT molecular complexity index is 1530. The zero-order valence-corrected chi connectivity index (χ0v) is 14.2. The molecule has 124 valence electrons. The van der Waals surface area contributed by atoms with Crippen molar-refractivity contribution < 1.29 is 12.6 Å². The summed E-state index contributed by atoms with van der Waals surface area (Å²) in [4.78, 5) is 0. The molecule has 0 aliphatic heterocycles. The minimum absolute atomic E-state index is 0.00630. The predicted octanol–water partition coefficient (Wildman–Crippen LogP) is 7.57. The minimum atomic E-state index is -0.315. The van der Waals surface area contributed by atoms with E-state index in [-0.39, 0.29) is 63.2 Å². The first-order valence-corrected chi connectivity index (χ1v) is 8.46. The average Bonchev–Trinajstić information content (AvgIpc) is 3.21. The normalized spacial score (nSPS) is 14.5. The molecule has 4 aromatic carbocycles. The SMILES string of the molecule is [2H]c1c([2H])c(-c2ccc(-c3ccccc3)cc2)c2c(oc3c([2H])c(Cl)c([2H])c([2H])c32)c1[2H]. The lowest BCUT2D eigenvalue weighted by Crippen LogP contribution is -1.81. The zero-order chi connectivity index (χ0) is 22.7. The molecule has 0 atom stereocenters. The van der Waals surface area contributed by atoms with Gasteiger partial charge in [-0.25, -0.2) is 0 Å². The Morgan fingerprint density at radius 2 is 1.46 bits per heavy atom. The molecule has 5 rings (SSSR count). The highest BCUT2D eigenvalue weighted by Gasteiger charge is 2.12. The van der Waals surface area contributed by atoms with E-state index in [1.165, 1.54) is 0 Å². The molecule has 0 N–H and O–H groups in total. The molecular formula is C24H15ClO. The standard InChI is InChI=1S/C24H15ClO/c25-19-13-14-21-23(15-19)26-22-8-4-7-20(24(21)22)18-11-9-17(10-12-18)16-5-2-1-3-6-16/h1-15H/i4D,7D,8D,13D,14D,15D. The molecule has 0 aliphatic carbocycles. The van der Waals surface area contributed by atoms with E-state index in [0.29, 0.717) is 11.1 Å². The minimum Gasteiger partial charge on any atom is -0.456 e. The van der Waals surface area contributed by atoms with Crippen molar-refractivity contribution in [1.29, 1.82) is 0 Å². The van der Waals surface area contributed by atoms with Crippen molar-refractivity contribution in [2.45, 2.75) is 0 Å². The fourth-order valence-electron chi connectivity index (χ4n) is 3.10. The molecule has 26 heavy (non-hydrogen) atoms. The van der Waals surface area contributed by atoms with Gasteiger partial charge in [0.2, 0.25) is 0 Å². The second kappa shape index (κ2) is 6.05. The summed E-state index contributed by atoms with van der Waals surface area (Å²) in [5.74, 6) is 0. The van der Waals surface area contributed by atoms with Crippen molar-refractivity contribution in [3.63, 3.8) is 0 Å². The van der Waals surface area contributed by atoms with Crippen molar-refractivity contribution in [2.24, 2.45) is 0 Å². The van der Waals surface area contributed by atoms with Gasteiger partial charge in [0, 0.05) is 21.8 Å². The predicted molar refractivity (Wildman–Crippen MR) is 110 cm³/mol. The zero-order valence-electron chi connectivity index (χ0n) is 19.5. The number of fused-ring (bicyclic) bond motifs is 3. The molecule has 0 bridgehead atoms. The quantitative estimate of drug-likeness (QED) is 0.316. The molecule has 0 saturated carbocycles. The van der Waals surface area contributed by atoms with Crippen molar-refractivity contribution >= 4 is 33.5 Å². The van der Waals surface area contributed by atoms with Gasteiger partial charge in [-0.15, -0.1) is 0 Å². The van der Waals surface area contributed by atoms with Crippen molar-refractivity contribution in [3.05, 3.63) is 95.9 Å². The van der Waals surface area contributed by atoms with E-state index in [1.807, 2.05) is 54.6 Å². The first-order chi connectivity index (χ1) is 15.3. The maximum Gasteiger partial charge on any atom is 0.136 e. The molecule has 0 amide bonds. The van der Waals surface area contributed by atoms with Gasteiger partial charge in [-0.2, -0.15) is 0 Å². The molecule has 1 aromatic heterocycles. The first-order valence-electron chi connectivity index (χ1n) is 11.1.